The highest BCUT2D eigenvalue weighted by Crippen LogP contribution is 2.33. The lowest BCUT2D eigenvalue weighted by atomic mass is 10.1. The summed E-state index contributed by atoms with van der Waals surface area (Å²) in [5.41, 5.74) is 5.53. The van der Waals surface area contributed by atoms with Crippen molar-refractivity contribution in [2.75, 3.05) is 29.4 Å². The van der Waals surface area contributed by atoms with E-state index in [0.717, 1.165) is 24.3 Å². The lowest BCUT2D eigenvalue weighted by Crippen LogP contribution is -2.24. The summed E-state index contributed by atoms with van der Waals surface area (Å²) in [5.74, 6) is 1.14. The minimum absolute atomic E-state index is 0.0817. The Hall–Kier alpha value is -3.15. The predicted molar refractivity (Wildman–Crippen MR) is 126 cm³/mol. The fourth-order valence-electron chi connectivity index (χ4n) is 4.68. The van der Waals surface area contributed by atoms with Crippen LogP contribution in [0.25, 0.3) is 11.4 Å². The Labute approximate surface area is 189 Å². The van der Waals surface area contributed by atoms with Gasteiger partial charge in [0.2, 0.25) is 17.6 Å². The number of carbonyl (C=O) groups excluding carboxylic acids is 1. The van der Waals surface area contributed by atoms with Crippen LogP contribution in [0.5, 0.6) is 0 Å². The van der Waals surface area contributed by atoms with E-state index in [-0.39, 0.29) is 11.8 Å². The van der Waals surface area contributed by atoms with Gasteiger partial charge in [-0.1, -0.05) is 24.1 Å². The third-order valence-corrected chi connectivity index (χ3v) is 6.81. The first-order chi connectivity index (χ1) is 15.6. The van der Waals surface area contributed by atoms with E-state index in [0.29, 0.717) is 24.7 Å². The van der Waals surface area contributed by atoms with Crippen molar-refractivity contribution in [2.45, 2.75) is 51.9 Å². The van der Waals surface area contributed by atoms with Crippen LogP contribution in [-0.4, -0.2) is 35.7 Å². The quantitative estimate of drug-likeness (QED) is 0.565. The Morgan fingerprint density at radius 3 is 2.34 bits per heavy atom. The van der Waals surface area contributed by atoms with Gasteiger partial charge in [0.25, 0.3) is 0 Å². The number of rotatable bonds is 4. The second-order valence-electron chi connectivity index (χ2n) is 9.08. The molecule has 1 atom stereocenters. The Bertz CT molecular complexity index is 1100. The second-order valence-corrected chi connectivity index (χ2v) is 9.08. The van der Waals surface area contributed by atoms with E-state index in [1.165, 1.54) is 42.5 Å². The van der Waals surface area contributed by atoms with Crippen molar-refractivity contribution in [3.8, 4) is 11.4 Å². The molecule has 3 aromatic rings. The maximum atomic E-state index is 12.7. The average molecular weight is 431 g/mol. The molecule has 2 aromatic carbocycles. The molecule has 2 saturated heterocycles. The summed E-state index contributed by atoms with van der Waals surface area (Å²) in [6, 6.07) is 14.6. The lowest BCUT2D eigenvalue weighted by Gasteiger charge is -2.22. The lowest BCUT2D eigenvalue weighted by molar-refractivity contribution is -0.117. The summed E-state index contributed by atoms with van der Waals surface area (Å²) in [6.45, 7) is 6.96. The van der Waals surface area contributed by atoms with Crippen LogP contribution in [-0.2, 0) is 4.79 Å². The maximum Gasteiger partial charge on any atom is 0.232 e. The molecule has 0 saturated carbocycles. The molecule has 6 heteroatoms. The van der Waals surface area contributed by atoms with E-state index in [1.807, 2.05) is 11.0 Å². The smallest absolute Gasteiger partial charge is 0.232 e. The number of aromatic nitrogens is 2. The van der Waals surface area contributed by atoms with E-state index < -0.39 is 0 Å². The molecule has 2 aliphatic heterocycles. The number of nitrogens with zero attached hydrogens (tertiary/aromatic N) is 4. The molecule has 1 aromatic heterocycles. The average Bonchev–Trinajstić information content (AvgIpc) is 3.34. The molecule has 2 fully saturated rings. The molecule has 0 aliphatic carbocycles. The van der Waals surface area contributed by atoms with Crippen molar-refractivity contribution in [2.24, 2.45) is 0 Å². The Kier molecular flexibility index (Phi) is 5.68. The largest absolute Gasteiger partial charge is 0.372 e. The van der Waals surface area contributed by atoms with Crippen LogP contribution in [0.15, 0.2) is 47.0 Å². The van der Waals surface area contributed by atoms with Gasteiger partial charge in [0.05, 0.1) is 5.92 Å². The van der Waals surface area contributed by atoms with Gasteiger partial charge in [-0.15, -0.1) is 0 Å². The number of amides is 1. The van der Waals surface area contributed by atoms with Gasteiger partial charge in [-0.3, -0.25) is 4.79 Å². The van der Waals surface area contributed by atoms with E-state index in [2.05, 4.69) is 65.3 Å². The first kappa shape index (κ1) is 20.7. The van der Waals surface area contributed by atoms with Gasteiger partial charge in [-0.05, 0) is 74.2 Å². The molecule has 6 nitrogen and oxygen atoms in total. The van der Waals surface area contributed by atoms with Crippen LogP contribution in [0.2, 0.25) is 0 Å². The minimum atomic E-state index is -0.0817. The Morgan fingerprint density at radius 2 is 1.62 bits per heavy atom. The molecule has 0 bridgehead atoms. The summed E-state index contributed by atoms with van der Waals surface area (Å²) in [7, 11) is 0. The summed E-state index contributed by atoms with van der Waals surface area (Å²) in [6.07, 6.45) is 5.56. The van der Waals surface area contributed by atoms with Crippen LogP contribution in [0.3, 0.4) is 0 Å². The van der Waals surface area contributed by atoms with Gasteiger partial charge >= 0.3 is 0 Å². The second kappa shape index (κ2) is 8.77. The highest BCUT2D eigenvalue weighted by molar-refractivity contribution is 5.96. The Balaban J connectivity index is 1.29. The number of anilines is 2. The fraction of sp³-hybridized carbons (Fsp3) is 0.423. The van der Waals surface area contributed by atoms with Crippen LogP contribution in [0, 0.1) is 13.8 Å². The van der Waals surface area contributed by atoms with E-state index in [4.69, 9.17) is 4.52 Å². The summed E-state index contributed by atoms with van der Waals surface area (Å²) >= 11 is 0. The molecule has 5 rings (SSSR count). The monoisotopic (exact) mass is 430 g/mol. The van der Waals surface area contributed by atoms with Crippen molar-refractivity contribution in [3.63, 3.8) is 0 Å². The molecule has 1 amide bonds. The van der Waals surface area contributed by atoms with E-state index in [9.17, 15) is 4.79 Å². The molecule has 2 aliphatic rings. The van der Waals surface area contributed by atoms with Gasteiger partial charge in [0.15, 0.2) is 0 Å². The molecule has 0 spiro atoms. The van der Waals surface area contributed by atoms with Gasteiger partial charge in [-0.25, -0.2) is 0 Å². The van der Waals surface area contributed by atoms with Crippen LogP contribution >= 0.6 is 0 Å². The SMILES string of the molecule is Cc1ccc(N2C[C@H](c3nc(-c4ccc(N5CCCCCC5)cc4)no3)CC2=O)cc1C. The van der Waals surface area contributed by atoms with Crippen LogP contribution in [0.4, 0.5) is 11.4 Å². The van der Waals surface area contributed by atoms with Crippen molar-refractivity contribution in [3.05, 3.63) is 59.5 Å². The summed E-state index contributed by atoms with van der Waals surface area (Å²) < 4.78 is 5.59. The zero-order valence-corrected chi connectivity index (χ0v) is 18.9. The van der Waals surface area contributed by atoms with Crippen molar-refractivity contribution >= 4 is 17.3 Å². The Morgan fingerprint density at radius 1 is 0.906 bits per heavy atom. The first-order valence-electron chi connectivity index (χ1n) is 11.6. The molecule has 0 unspecified atom stereocenters. The fourth-order valence-corrected chi connectivity index (χ4v) is 4.68. The highest BCUT2D eigenvalue weighted by Gasteiger charge is 2.35. The number of aryl methyl sites for hydroxylation is 2. The predicted octanol–water partition coefficient (Wildman–Crippen LogP) is 5.25. The van der Waals surface area contributed by atoms with Crippen molar-refractivity contribution in [1.82, 2.24) is 10.1 Å². The molecular weight excluding hydrogens is 400 g/mol. The van der Waals surface area contributed by atoms with Crippen molar-refractivity contribution < 1.29 is 9.32 Å². The first-order valence-corrected chi connectivity index (χ1v) is 11.6. The topological polar surface area (TPSA) is 62.5 Å². The molecule has 166 valence electrons. The number of benzene rings is 2. The zero-order chi connectivity index (χ0) is 22.1. The molecule has 0 N–H and O–H groups in total. The molecule has 32 heavy (non-hydrogen) atoms. The number of hydrogen-bond donors (Lipinski definition) is 0. The molecular formula is C26H30N4O2. The molecule has 0 radical (unpaired) electrons. The number of carbonyl (C=O) groups is 1. The third kappa shape index (κ3) is 4.14. The molecule has 3 heterocycles. The van der Waals surface area contributed by atoms with Gasteiger partial charge in [0, 0.05) is 43.0 Å². The standard InChI is InChI=1S/C26H30N4O2/c1-18-7-10-23(15-19(18)2)30-17-21(16-24(30)31)26-27-25(28-32-26)20-8-11-22(12-9-20)29-13-5-3-4-6-14-29/h7-12,15,21H,3-6,13-14,16-17H2,1-2H3/t21-/m1/s1. The normalized spacial score (nSPS) is 19.4. The maximum absolute atomic E-state index is 12.7. The van der Waals surface area contributed by atoms with Gasteiger partial charge < -0.3 is 14.3 Å². The van der Waals surface area contributed by atoms with E-state index in [1.54, 1.807) is 0 Å². The van der Waals surface area contributed by atoms with Crippen LogP contribution in [0.1, 0.15) is 55.0 Å². The van der Waals surface area contributed by atoms with Gasteiger partial charge in [-0.2, -0.15) is 4.98 Å². The van der Waals surface area contributed by atoms with Crippen LogP contribution < -0.4 is 9.80 Å². The number of hydrogen-bond acceptors (Lipinski definition) is 5. The zero-order valence-electron chi connectivity index (χ0n) is 18.9. The third-order valence-electron chi connectivity index (χ3n) is 6.81. The summed E-state index contributed by atoms with van der Waals surface area (Å²) in [5, 5.41) is 4.21. The minimum Gasteiger partial charge on any atom is -0.372 e. The highest BCUT2D eigenvalue weighted by atomic mass is 16.5. The summed E-state index contributed by atoms with van der Waals surface area (Å²) in [4.78, 5) is 21.6. The van der Waals surface area contributed by atoms with Gasteiger partial charge in [0.1, 0.15) is 0 Å². The van der Waals surface area contributed by atoms with E-state index >= 15 is 0 Å². The van der Waals surface area contributed by atoms with Crippen molar-refractivity contribution in [1.29, 1.82) is 0 Å².